The second-order valence-corrected chi connectivity index (χ2v) is 1.62. The van der Waals surface area contributed by atoms with Crippen LogP contribution in [0.4, 0.5) is 0 Å². The van der Waals surface area contributed by atoms with Crippen molar-refractivity contribution < 1.29 is 8.95 Å². The third kappa shape index (κ3) is 5.98. The van der Waals surface area contributed by atoms with E-state index >= 15 is 0 Å². The predicted molar refractivity (Wildman–Crippen MR) is 29.2 cm³/mol. The molecule has 7 heavy (non-hydrogen) atoms. The van der Waals surface area contributed by atoms with Crippen LogP contribution in [0.15, 0.2) is 0 Å². The summed E-state index contributed by atoms with van der Waals surface area (Å²) >= 11 is 0.469. The standard InChI is InChI=1S/C4H9O2S/c1-2-3-6-4-7-5/h2-4H2,1H3/q+1. The Morgan fingerprint density at radius 2 is 2.43 bits per heavy atom. The Balaban J connectivity index is 2.56. The van der Waals surface area contributed by atoms with Gasteiger partial charge in [-0.3, -0.25) is 0 Å². The Hall–Kier alpha value is -0.0200. The molecular formula is C4H9O2S+. The van der Waals surface area contributed by atoms with Crippen LogP contribution in [0.3, 0.4) is 0 Å². The first-order valence-electron chi connectivity index (χ1n) is 2.24. The summed E-state index contributed by atoms with van der Waals surface area (Å²) in [5.74, 6) is 0.286. The summed E-state index contributed by atoms with van der Waals surface area (Å²) in [5.41, 5.74) is 0. The van der Waals surface area contributed by atoms with E-state index in [2.05, 4.69) is 0 Å². The van der Waals surface area contributed by atoms with E-state index in [-0.39, 0.29) is 5.94 Å². The van der Waals surface area contributed by atoms with Crippen LogP contribution < -0.4 is 0 Å². The zero-order chi connectivity index (χ0) is 5.54. The lowest BCUT2D eigenvalue weighted by Crippen LogP contribution is -1.91. The van der Waals surface area contributed by atoms with Crippen LogP contribution in [0.5, 0.6) is 0 Å². The van der Waals surface area contributed by atoms with Crippen molar-refractivity contribution in [1.29, 1.82) is 0 Å². The fourth-order valence-corrected chi connectivity index (χ4v) is 0.423. The summed E-state index contributed by atoms with van der Waals surface area (Å²) in [4.78, 5) is 0. The van der Waals surface area contributed by atoms with E-state index in [0.717, 1.165) is 6.42 Å². The van der Waals surface area contributed by atoms with Crippen molar-refractivity contribution in [2.45, 2.75) is 13.3 Å². The van der Waals surface area contributed by atoms with Crippen molar-refractivity contribution in [1.82, 2.24) is 0 Å². The highest BCUT2D eigenvalue weighted by Gasteiger charge is 1.92. The molecule has 0 aliphatic rings. The lowest BCUT2D eigenvalue weighted by Gasteiger charge is -1.84. The maximum Gasteiger partial charge on any atom is 0.489 e. The second-order valence-electron chi connectivity index (χ2n) is 1.14. The van der Waals surface area contributed by atoms with Crippen LogP contribution in [0.2, 0.25) is 0 Å². The van der Waals surface area contributed by atoms with Gasteiger partial charge in [-0.15, -0.1) is 0 Å². The topological polar surface area (TPSA) is 26.3 Å². The van der Waals surface area contributed by atoms with Gasteiger partial charge in [-0.05, 0) is 6.42 Å². The molecule has 0 unspecified atom stereocenters. The molecule has 0 bridgehead atoms. The van der Waals surface area contributed by atoms with Gasteiger partial charge < -0.3 is 4.74 Å². The van der Waals surface area contributed by atoms with Gasteiger partial charge in [0.05, 0.1) is 6.61 Å². The Morgan fingerprint density at radius 1 is 1.71 bits per heavy atom. The molecule has 0 spiro atoms. The van der Waals surface area contributed by atoms with Gasteiger partial charge in [0.2, 0.25) is 0 Å². The summed E-state index contributed by atoms with van der Waals surface area (Å²) < 4.78 is 14.4. The van der Waals surface area contributed by atoms with Gasteiger partial charge in [0.25, 0.3) is 0 Å². The molecular weight excluding hydrogens is 112 g/mol. The van der Waals surface area contributed by atoms with Crippen LogP contribution in [-0.4, -0.2) is 12.5 Å². The quantitative estimate of drug-likeness (QED) is 0.312. The van der Waals surface area contributed by atoms with Crippen molar-refractivity contribution >= 4 is 11.7 Å². The molecule has 0 N–H and O–H groups in total. The van der Waals surface area contributed by atoms with Gasteiger partial charge in [0.15, 0.2) is 0 Å². The normalized spacial score (nSPS) is 8.71. The van der Waals surface area contributed by atoms with Gasteiger partial charge in [0, 0.05) is 4.21 Å². The van der Waals surface area contributed by atoms with Gasteiger partial charge >= 0.3 is 17.6 Å². The van der Waals surface area contributed by atoms with Crippen LogP contribution in [0, 0.1) is 0 Å². The van der Waals surface area contributed by atoms with Crippen molar-refractivity contribution in [2.75, 3.05) is 12.5 Å². The fraction of sp³-hybridized carbons (Fsp3) is 1.00. The predicted octanol–water partition coefficient (Wildman–Crippen LogP) is 0.799. The van der Waals surface area contributed by atoms with Crippen molar-refractivity contribution in [2.24, 2.45) is 0 Å². The van der Waals surface area contributed by atoms with Gasteiger partial charge in [-0.25, -0.2) is 0 Å². The summed E-state index contributed by atoms with van der Waals surface area (Å²) in [6, 6.07) is 0. The van der Waals surface area contributed by atoms with Gasteiger partial charge in [-0.2, -0.15) is 0 Å². The van der Waals surface area contributed by atoms with Crippen molar-refractivity contribution in [3.8, 4) is 0 Å². The number of hydrogen-bond donors (Lipinski definition) is 0. The Kier molecular flexibility index (Phi) is 5.96. The van der Waals surface area contributed by atoms with Crippen molar-refractivity contribution in [3.63, 3.8) is 0 Å². The van der Waals surface area contributed by atoms with Gasteiger partial charge in [0.1, 0.15) is 0 Å². The molecule has 2 nitrogen and oxygen atoms in total. The highest BCUT2D eigenvalue weighted by molar-refractivity contribution is 7.65. The first-order valence-corrected chi connectivity index (χ1v) is 3.15. The molecule has 0 aromatic carbocycles. The van der Waals surface area contributed by atoms with E-state index in [9.17, 15) is 4.21 Å². The largest absolute Gasteiger partial charge is 0.489 e. The minimum atomic E-state index is 0.286. The third-order valence-corrected chi connectivity index (χ3v) is 0.743. The van der Waals surface area contributed by atoms with Crippen molar-refractivity contribution in [3.05, 3.63) is 0 Å². The highest BCUT2D eigenvalue weighted by Crippen LogP contribution is 1.76. The fourth-order valence-electron chi connectivity index (χ4n) is 0.237. The molecule has 0 radical (unpaired) electrons. The molecule has 0 atom stereocenters. The molecule has 0 heterocycles. The zero-order valence-electron chi connectivity index (χ0n) is 4.35. The van der Waals surface area contributed by atoms with E-state index in [4.69, 9.17) is 4.74 Å². The minimum Gasteiger partial charge on any atom is -0.325 e. The Bertz CT molecular complexity index is 47.0. The molecule has 0 aliphatic heterocycles. The molecule has 42 valence electrons. The smallest absolute Gasteiger partial charge is 0.325 e. The summed E-state index contributed by atoms with van der Waals surface area (Å²) in [6.07, 6.45) is 0.987. The summed E-state index contributed by atoms with van der Waals surface area (Å²) in [7, 11) is 0. The lowest BCUT2D eigenvalue weighted by molar-refractivity contribution is 0.181. The molecule has 0 saturated heterocycles. The van der Waals surface area contributed by atoms with E-state index in [1.54, 1.807) is 0 Å². The third-order valence-electron chi connectivity index (χ3n) is 0.480. The number of ether oxygens (including phenoxy) is 1. The maximum atomic E-state index is 9.60. The van der Waals surface area contributed by atoms with Crippen LogP contribution in [0.25, 0.3) is 0 Å². The highest BCUT2D eigenvalue weighted by atomic mass is 32.1. The Morgan fingerprint density at radius 3 is 2.86 bits per heavy atom. The molecule has 3 heteroatoms. The summed E-state index contributed by atoms with van der Waals surface area (Å²) in [5, 5.41) is 0. The average molecular weight is 121 g/mol. The molecule has 0 saturated carbocycles. The minimum absolute atomic E-state index is 0.286. The second kappa shape index (κ2) is 5.98. The summed E-state index contributed by atoms with van der Waals surface area (Å²) in [6.45, 7) is 2.71. The average Bonchev–Trinajstić information content (AvgIpc) is 1.69. The first kappa shape index (κ1) is 6.98. The monoisotopic (exact) mass is 121 g/mol. The lowest BCUT2D eigenvalue weighted by atomic mass is 10.5. The van der Waals surface area contributed by atoms with E-state index < -0.39 is 0 Å². The molecule has 0 aliphatic carbocycles. The van der Waals surface area contributed by atoms with E-state index in [0.29, 0.717) is 18.3 Å². The maximum absolute atomic E-state index is 9.60. The molecule has 0 amide bonds. The number of rotatable bonds is 4. The molecule has 0 rings (SSSR count). The van der Waals surface area contributed by atoms with Gasteiger partial charge in [-0.1, -0.05) is 6.92 Å². The number of hydrogen-bond acceptors (Lipinski definition) is 2. The van der Waals surface area contributed by atoms with Crippen LogP contribution in [0.1, 0.15) is 13.3 Å². The SMILES string of the molecule is CCCOC[S+]=O. The van der Waals surface area contributed by atoms with E-state index in [1.165, 1.54) is 0 Å². The van der Waals surface area contributed by atoms with Crippen LogP contribution >= 0.6 is 0 Å². The molecule has 0 aromatic heterocycles. The van der Waals surface area contributed by atoms with Crippen LogP contribution in [-0.2, 0) is 20.6 Å². The van der Waals surface area contributed by atoms with E-state index in [1.807, 2.05) is 6.92 Å². The Labute approximate surface area is 47.4 Å². The zero-order valence-corrected chi connectivity index (χ0v) is 5.16. The molecule has 0 aromatic rings. The molecule has 0 fully saturated rings. The first-order chi connectivity index (χ1) is 3.41.